The van der Waals surface area contributed by atoms with Crippen molar-refractivity contribution in [2.24, 2.45) is 0 Å². The maximum atomic E-state index is 12.9. The number of hydrogen-bond acceptors (Lipinski definition) is 2. The molecule has 0 spiro atoms. The van der Waals surface area contributed by atoms with Crippen LogP contribution in [-0.4, -0.2) is 24.4 Å². The molecule has 1 fully saturated rings. The molecule has 0 radical (unpaired) electrons. The largest absolute Gasteiger partial charge is 0.346 e. The number of rotatable bonds is 3. The Morgan fingerprint density at radius 2 is 2.06 bits per heavy atom. The predicted octanol–water partition coefficient (Wildman–Crippen LogP) is 1.86. The highest BCUT2D eigenvalue weighted by molar-refractivity contribution is 5.83. The number of nitrogens with one attached hydrogen (secondary N) is 2. The average molecular weight is 254 g/mol. The number of hydrogen-bond donors (Lipinski definition) is 2. The first kappa shape index (κ1) is 13.0. The van der Waals surface area contributed by atoms with Crippen molar-refractivity contribution < 1.29 is 13.6 Å². The van der Waals surface area contributed by atoms with Gasteiger partial charge in [-0.05, 0) is 18.5 Å². The van der Waals surface area contributed by atoms with E-state index in [1.165, 1.54) is 0 Å². The maximum absolute atomic E-state index is 12.9. The molecule has 1 aromatic carbocycles. The van der Waals surface area contributed by atoms with E-state index >= 15 is 0 Å². The predicted molar refractivity (Wildman–Crippen MR) is 64.4 cm³/mol. The minimum Gasteiger partial charge on any atom is -0.346 e. The van der Waals surface area contributed by atoms with E-state index in [0.717, 1.165) is 5.56 Å². The Morgan fingerprint density at radius 3 is 2.67 bits per heavy atom. The van der Waals surface area contributed by atoms with Gasteiger partial charge in [-0.3, -0.25) is 4.79 Å². The summed E-state index contributed by atoms with van der Waals surface area (Å²) in [5, 5.41) is 5.64. The fourth-order valence-corrected chi connectivity index (χ4v) is 2.16. The van der Waals surface area contributed by atoms with Crippen LogP contribution >= 0.6 is 0 Å². The summed E-state index contributed by atoms with van der Waals surface area (Å²) in [5.41, 5.74) is 1.000. The van der Waals surface area contributed by atoms with Crippen LogP contribution in [0.3, 0.4) is 0 Å². The first-order valence-corrected chi connectivity index (χ1v) is 5.95. The van der Waals surface area contributed by atoms with Crippen LogP contribution in [0.5, 0.6) is 0 Å². The second kappa shape index (κ2) is 5.02. The molecule has 2 unspecified atom stereocenters. The lowest BCUT2D eigenvalue weighted by Gasteiger charge is -2.22. The van der Waals surface area contributed by atoms with Gasteiger partial charge in [0.25, 0.3) is 5.91 Å². The first-order chi connectivity index (χ1) is 8.48. The summed E-state index contributed by atoms with van der Waals surface area (Å²) in [6.45, 7) is 1.32. The molecule has 2 atom stereocenters. The van der Waals surface area contributed by atoms with E-state index in [4.69, 9.17) is 0 Å². The summed E-state index contributed by atoms with van der Waals surface area (Å²) >= 11 is 0. The van der Waals surface area contributed by atoms with Crippen molar-refractivity contribution in [3.63, 3.8) is 0 Å². The zero-order chi connectivity index (χ0) is 13.2. The van der Waals surface area contributed by atoms with Crippen molar-refractivity contribution in [3.05, 3.63) is 35.9 Å². The Hall–Kier alpha value is -1.49. The van der Waals surface area contributed by atoms with E-state index in [1.54, 1.807) is 0 Å². The molecule has 98 valence electrons. The summed E-state index contributed by atoms with van der Waals surface area (Å²) in [6.07, 6.45) is 0.654. The van der Waals surface area contributed by atoms with Crippen LogP contribution in [0.1, 0.15) is 24.9 Å². The van der Waals surface area contributed by atoms with Crippen LogP contribution in [0, 0.1) is 0 Å². The zero-order valence-corrected chi connectivity index (χ0v) is 10.1. The molecule has 0 aromatic heterocycles. The lowest BCUT2D eigenvalue weighted by atomic mass is 10.0. The van der Waals surface area contributed by atoms with Gasteiger partial charge in [-0.25, -0.2) is 0 Å². The van der Waals surface area contributed by atoms with Gasteiger partial charge in [-0.15, -0.1) is 0 Å². The van der Waals surface area contributed by atoms with Crippen molar-refractivity contribution in [3.8, 4) is 0 Å². The lowest BCUT2D eigenvalue weighted by molar-refractivity contribution is -0.143. The highest BCUT2D eigenvalue weighted by atomic mass is 19.3. The zero-order valence-electron chi connectivity index (χ0n) is 10.1. The Morgan fingerprint density at radius 1 is 1.39 bits per heavy atom. The van der Waals surface area contributed by atoms with Gasteiger partial charge in [0.2, 0.25) is 0 Å². The molecule has 3 nitrogen and oxygen atoms in total. The van der Waals surface area contributed by atoms with Gasteiger partial charge in [-0.1, -0.05) is 30.3 Å². The molecule has 5 heteroatoms. The summed E-state index contributed by atoms with van der Waals surface area (Å²) in [5.74, 6) is -4.54. The van der Waals surface area contributed by atoms with Crippen LogP contribution < -0.4 is 10.6 Å². The van der Waals surface area contributed by atoms with Crippen LogP contribution in [-0.2, 0) is 4.79 Å². The normalized spacial score (nSPS) is 23.9. The third-order valence-corrected chi connectivity index (χ3v) is 3.10. The Balaban J connectivity index is 2.07. The fourth-order valence-electron chi connectivity index (χ4n) is 2.16. The molecule has 0 bridgehead atoms. The molecule has 0 aliphatic carbocycles. The summed E-state index contributed by atoms with van der Waals surface area (Å²) < 4.78 is 25.7. The monoisotopic (exact) mass is 254 g/mol. The smallest absolute Gasteiger partial charge is 0.321 e. The third kappa shape index (κ3) is 2.85. The summed E-state index contributed by atoms with van der Waals surface area (Å²) in [7, 11) is 0. The van der Waals surface area contributed by atoms with Crippen molar-refractivity contribution >= 4 is 5.91 Å². The van der Waals surface area contributed by atoms with E-state index < -0.39 is 11.8 Å². The SMILES string of the molecule is CC(F)(F)C(=O)NC1CCNC1c1ccccc1. The molecule has 1 amide bonds. The second-order valence-corrected chi connectivity index (χ2v) is 4.60. The van der Waals surface area contributed by atoms with E-state index in [2.05, 4.69) is 10.6 Å². The lowest BCUT2D eigenvalue weighted by Crippen LogP contribution is -2.45. The van der Waals surface area contributed by atoms with E-state index in [9.17, 15) is 13.6 Å². The minimum absolute atomic E-state index is 0.0995. The Labute approximate surface area is 105 Å². The quantitative estimate of drug-likeness (QED) is 0.864. The molecule has 1 heterocycles. The number of benzene rings is 1. The van der Waals surface area contributed by atoms with E-state index in [-0.39, 0.29) is 12.1 Å². The van der Waals surface area contributed by atoms with Gasteiger partial charge in [0, 0.05) is 13.0 Å². The van der Waals surface area contributed by atoms with Gasteiger partial charge in [0.1, 0.15) is 0 Å². The standard InChI is InChI=1S/C13H16F2N2O/c1-13(14,15)12(18)17-10-7-8-16-11(10)9-5-3-2-4-6-9/h2-6,10-11,16H,7-8H2,1H3,(H,17,18). The molecule has 1 aliphatic rings. The van der Waals surface area contributed by atoms with Crippen molar-refractivity contribution in [1.82, 2.24) is 10.6 Å². The number of carbonyl (C=O) groups excluding carboxylic acids is 1. The van der Waals surface area contributed by atoms with E-state index in [1.807, 2.05) is 30.3 Å². The first-order valence-electron chi connectivity index (χ1n) is 5.95. The highest BCUT2D eigenvalue weighted by Crippen LogP contribution is 2.24. The van der Waals surface area contributed by atoms with Crippen LogP contribution in [0.2, 0.25) is 0 Å². The van der Waals surface area contributed by atoms with Gasteiger partial charge < -0.3 is 10.6 Å². The third-order valence-electron chi connectivity index (χ3n) is 3.10. The van der Waals surface area contributed by atoms with Gasteiger partial charge >= 0.3 is 5.92 Å². The average Bonchev–Trinajstić information content (AvgIpc) is 2.77. The molecular formula is C13H16F2N2O. The molecule has 0 saturated carbocycles. The number of amides is 1. The summed E-state index contributed by atoms with van der Waals surface area (Å²) in [4.78, 5) is 11.3. The van der Waals surface area contributed by atoms with Crippen molar-refractivity contribution in [2.75, 3.05) is 6.54 Å². The minimum atomic E-state index is -3.33. The highest BCUT2D eigenvalue weighted by Gasteiger charge is 2.37. The van der Waals surface area contributed by atoms with E-state index in [0.29, 0.717) is 19.9 Å². The molecule has 2 N–H and O–H groups in total. The van der Waals surface area contributed by atoms with Gasteiger partial charge in [-0.2, -0.15) is 8.78 Å². The van der Waals surface area contributed by atoms with Crippen molar-refractivity contribution in [2.45, 2.75) is 31.4 Å². The second-order valence-electron chi connectivity index (χ2n) is 4.60. The number of halogens is 2. The number of carbonyl (C=O) groups is 1. The molecular weight excluding hydrogens is 238 g/mol. The molecule has 2 rings (SSSR count). The molecule has 1 aliphatic heterocycles. The maximum Gasteiger partial charge on any atom is 0.321 e. The van der Waals surface area contributed by atoms with Gasteiger partial charge in [0.05, 0.1) is 6.04 Å². The molecule has 1 aromatic rings. The molecule has 18 heavy (non-hydrogen) atoms. The van der Waals surface area contributed by atoms with Crippen LogP contribution in [0.25, 0.3) is 0 Å². The Bertz CT molecular complexity index is 417. The van der Waals surface area contributed by atoms with Gasteiger partial charge in [0.15, 0.2) is 0 Å². The summed E-state index contributed by atoms with van der Waals surface area (Å²) in [6, 6.07) is 9.14. The number of alkyl halides is 2. The fraction of sp³-hybridized carbons (Fsp3) is 0.462. The van der Waals surface area contributed by atoms with Crippen molar-refractivity contribution in [1.29, 1.82) is 0 Å². The molecule has 1 saturated heterocycles. The Kier molecular flexibility index (Phi) is 3.61. The van der Waals surface area contributed by atoms with Crippen LogP contribution in [0.15, 0.2) is 30.3 Å². The van der Waals surface area contributed by atoms with Crippen LogP contribution in [0.4, 0.5) is 8.78 Å². The topological polar surface area (TPSA) is 41.1 Å².